The highest BCUT2D eigenvalue weighted by Crippen LogP contribution is 2.44. The van der Waals surface area contributed by atoms with Gasteiger partial charge in [0, 0.05) is 45.6 Å². The molecular weight excluding hydrogens is 417 g/mol. The summed E-state index contributed by atoms with van der Waals surface area (Å²) < 4.78 is 17.1. The number of nitrogens with one attached hydrogen (secondary N) is 2. The van der Waals surface area contributed by atoms with Gasteiger partial charge in [0.25, 0.3) is 5.91 Å². The first-order chi connectivity index (χ1) is 14.0. The van der Waals surface area contributed by atoms with E-state index in [2.05, 4.69) is 15.5 Å². The maximum Gasteiger partial charge on any atom is 0.255 e. The predicted octanol–water partition coefficient (Wildman–Crippen LogP) is 2.44. The van der Waals surface area contributed by atoms with Gasteiger partial charge in [0.2, 0.25) is 0 Å². The highest BCUT2D eigenvalue weighted by atomic mass is 35.5. The zero-order valence-corrected chi connectivity index (χ0v) is 18.4. The number of ether oxygens (including phenoxy) is 3. The Balaban J connectivity index is 1.66. The van der Waals surface area contributed by atoms with Gasteiger partial charge in [-0.25, -0.2) is 0 Å². The third-order valence-electron chi connectivity index (χ3n) is 5.44. The van der Waals surface area contributed by atoms with E-state index in [4.69, 9.17) is 37.4 Å². The van der Waals surface area contributed by atoms with Crippen molar-refractivity contribution in [2.24, 2.45) is 5.92 Å². The number of hydrogen-bond donors (Lipinski definition) is 2. The molecule has 1 amide bonds. The quantitative estimate of drug-likeness (QED) is 0.671. The van der Waals surface area contributed by atoms with Gasteiger partial charge in [-0.3, -0.25) is 9.69 Å². The number of fused-ring (bicyclic) bond motifs is 1. The van der Waals surface area contributed by atoms with Gasteiger partial charge in [-0.15, -0.1) is 0 Å². The van der Waals surface area contributed by atoms with E-state index >= 15 is 0 Å². The molecule has 0 aliphatic carbocycles. The van der Waals surface area contributed by atoms with Crippen LogP contribution in [0, 0.1) is 5.92 Å². The number of rotatable bonds is 7. The van der Waals surface area contributed by atoms with E-state index < -0.39 is 0 Å². The van der Waals surface area contributed by atoms with Crippen LogP contribution in [0.5, 0.6) is 11.5 Å². The second-order valence-corrected chi connectivity index (χ2v) is 8.15. The number of hydrogen-bond acceptors (Lipinski definition) is 6. The maximum atomic E-state index is 12.9. The molecule has 0 bridgehead atoms. The van der Waals surface area contributed by atoms with Gasteiger partial charge in [-0.1, -0.05) is 23.2 Å². The second-order valence-electron chi connectivity index (χ2n) is 7.37. The summed E-state index contributed by atoms with van der Waals surface area (Å²) in [7, 11) is 3.68. The summed E-state index contributed by atoms with van der Waals surface area (Å²) in [6.45, 7) is 5.23. The molecule has 0 saturated carbocycles. The van der Waals surface area contributed by atoms with E-state index in [0.717, 1.165) is 32.6 Å². The first kappa shape index (κ1) is 22.4. The summed E-state index contributed by atoms with van der Waals surface area (Å²) in [5, 5.41) is 6.74. The van der Waals surface area contributed by atoms with E-state index in [0.29, 0.717) is 43.2 Å². The molecule has 0 radical (unpaired) electrons. The molecule has 2 N–H and O–H groups in total. The fourth-order valence-electron chi connectivity index (χ4n) is 3.76. The van der Waals surface area contributed by atoms with Crippen molar-refractivity contribution in [2.45, 2.75) is 18.9 Å². The fourth-order valence-corrected chi connectivity index (χ4v) is 4.15. The molecule has 2 aliphatic heterocycles. The molecule has 2 heterocycles. The van der Waals surface area contributed by atoms with Crippen LogP contribution in [0.25, 0.3) is 0 Å². The molecule has 2 aliphatic rings. The van der Waals surface area contributed by atoms with Crippen molar-refractivity contribution >= 4 is 29.1 Å². The zero-order chi connectivity index (χ0) is 20.8. The highest BCUT2D eigenvalue weighted by Gasteiger charge is 2.30. The molecule has 0 aromatic heterocycles. The molecule has 9 heteroatoms. The SMILES string of the molecule is CNCCN1CC[C@@H](CNC(=O)c2cc(Cl)c(Cl)c3c2OCCCO3)C(OC)C1. The Morgan fingerprint density at radius 2 is 2.07 bits per heavy atom. The Kier molecular flexibility index (Phi) is 8.26. The first-order valence-electron chi connectivity index (χ1n) is 10.0. The van der Waals surface area contributed by atoms with Gasteiger partial charge in [0.15, 0.2) is 11.5 Å². The lowest BCUT2D eigenvalue weighted by Crippen LogP contribution is -2.49. The number of amides is 1. The summed E-state index contributed by atoms with van der Waals surface area (Å²) in [5.41, 5.74) is 0.344. The number of carbonyl (C=O) groups is 1. The van der Waals surface area contributed by atoms with Crippen LogP contribution < -0.4 is 20.1 Å². The largest absolute Gasteiger partial charge is 0.489 e. The minimum absolute atomic E-state index is 0.0754. The second kappa shape index (κ2) is 10.7. The first-order valence-corrected chi connectivity index (χ1v) is 10.8. The number of benzene rings is 1. The van der Waals surface area contributed by atoms with Crippen LogP contribution in [0.15, 0.2) is 6.07 Å². The monoisotopic (exact) mass is 445 g/mol. The third kappa shape index (κ3) is 5.47. The number of methoxy groups -OCH3 is 1. The lowest BCUT2D eigenvalue weighted by molar-refractivity contribution is -0.00980. The topological polar surface area (TPSA) is 72.1 Å². The Morgan fingerprint density at radius 1 is 1.31 bits per heavy atom. The summed E-state index contributed by atoms with van der Waals surface area (Å²) in [6.07, 6.45) is 1.75. The number of likely N-dealkylation sites (N-methyl/N-ethyl adjacent to an activating group) is 1. The van der Waals surface area contributed by atoms with Crippen LogP contribution in [0.3, 0.4) is 0 Å². The Bertz CT molecular complexity index is 719. The Hall–Kier alpha value is -1.25. The Morgan fingerprint density at radius 3 is 2.79 bits per heavy atom. The molecule has 1 saturated heterocycles. The lowest BCUT2D eigenvalue weighted by atomic mass is 9.93. The van der Waals surface area contributed by atoms with Crippen molar-refractivity contribution in [2.75, 3.05) is 60.1 Å². The molecule has 1 aromatic rings. The molecule has 1 unspecified atom stereocenters. The predicted molar refractivity (Wildman–Crippen MR) is 114 cm³/mol. The Labute approximate surface area is 181 Å². The van der Waals surface area contributed by atoms with E-state index in [1.165, 1.54) is 0 Å². The molecular formula is C20H29Cl2N3O4. The van der Waals surface area contributed by atoms with E-state index in [1.54, 1.807) is 13.2 Å². The number of piperidine rings is 1. The fraction of sp³-hybridized carbons (Fsp3) is 0.650. The molecule has 29 heavy (non-hydrogen) atoms. The van der Waals surface area contributed by atoms with Gasteiger partial charge < -0.3 is 24.8 Å². The molecule has 1 fully saturated rings. The van der Waals surface area contributed by atoms with E-state index in [9.17, 15) is 4.79 Å². The summed E-state index contributed by atoms with van der Waals surface area (Å²) in [4.78, 5) is 15.3. The standard InChI is InChI=1S/C20H29Cl2N3O4/c1-23-5-7-25-6-4-13(16(12-25)27-2)11-24-20(26)14-10-15(21)17(22)19-18(14)28-8-3-9-29-19/h10,13,16,23H,3-9,11-12H2,1-2H3,(H,24,26)/t13-,16?/m0/s1. The molecule has 2 atom stereocenters. The van der Waals surface area contributed by atoms with Gasteiger partial charge >= 0.3 is 0 Å². The number of carbonyl (C=O) groups excluding carboxylic acids is 1. The zero-order valence-electron chi connectivity index (χ0n) is 16.9. The van der Waals surface area contributed by atoms with Crippen molar-refractivity contribution in [3.05, 3.63) is 21.7 Å². The number of likely N-dealkylation sites (tertiary alicyclic amines) is 1. The normalized spacial score (nSPS) is 22.2. The van der Waals surface area contributed by atoms with E-state index in [-0.39, 0.29) is 28.0 Å². The van der Waals surface area contributed by atoms with E-state index in [1.807, 2.05) is 7.05 Å². The molecule has 162 valence electrons. The summed E-state index contributed by atoms with van der Waals surface area (Å²) in [5.74, 6) is 0.695. The molecule has 1 aromatic carbocycles. The number of halogens is 2. The van der Waals surface area contributed by atoms with Gasteiger partial charge in [0.1, 0.15) is 5.02 Å². The smallest absolute Gasteiger partial charge is 0.255 e. The minimum Gasteiger partial charge on any atom is -0.489 e. The summed E-state index contributed by atoms with van der Waals surface area (Å²) >= 11 is 12.5. The van der Waals surface area contributed by atoms with Crippen LogP contribution in [0.4, 0.5) is 0 Å². The van der Waals surface area contributed by atoms with Gasteiger partial charge in [-0.2, -0.15) is 0 Å². The highest BCUT2D eigenvalue weighted by molar-refractivity contribution is 6.43. The average Bonchev–Trinajstić information content (AvgIpc) is 2.99. The van der Waals surface area contributed by atoms with Crippen LogP contribution in [-0.4, -0.2) is 77.0 Å². The van der Waals surface area contributed by atoms with Crippen LogP contribution in [-0.2, 0) is 4.74 Å². The van der Waals surface area contributed by atoms with Crippen molar-refractivity contribution in [1.82, 2.24) is 15.5 Å². The van der Waals surface area contributed by atoms with Crippen molar-refractivity contribution in [3.8, 4) is 11.5 Å². The summed E-state index contributed by atoms with van der Waals surface area (Å²) in [6, 6.07) is 1.54. The van der Waals surface area contributed by atoms with Crippen molar-refractivity contribution < 1.29 is 19.0 Å². The van der Waals surface area contributed by atoms with Gasteiger partial charge in [0.05, 0.1) is 29.9 Å². The van der Waals surface area contributed by atoms with Crippen LogP contribution >= 0.6 is 23.2 Å². The van der Waals surface area contributed by atoms with Crippen molar-refractivity contribution in [1.29, 1.82) is 0 Å². The van der Waals surface area contributed by atoms with Gasteiger partial charge in [-0.05, 0) is 26.1 Å². The third-order valence-corrected chi connectivity index (χ3v) is 6.21. The molecule has 0 spiro atoms. The number of nitrogens with zero attached hydrogens (tertiary/aromatic N) is 1. The van der Waals surface area contributed by atoms with Crippen molar-refractivity contribution in [3.63, 3.8) is 0 Å². The lowest BCUT2D eigenvalue weighted by Gasteiger charge is -2.37. The van der Waals surface area contributed by atoms with Crippen LogP contribution in [0.2, 0.25) is 10.0 Å². The van der Waals surface area contributed by atoms with Crippen LogP contribution in [0.1, 0.15) is 23.2 Å². The minimum atomic E-state index is -0.252. The molecule has 7 nitrogen and oxygen atoms in total. The average molecular weight is 446 g/mol. The maximum absolute atomic E-state index is 12.9. The molecule has 3 rings (SSSR count).